The fourth-order valence-electron chi connectivity index (χ4n) is 2.59. The molecular formula is C20H20ClN3O3. The topological polar surface area (TPSA) is 77.2 Å². The summed E-state index contributed by atoms with van der Waals surface area (Å²) in [5, 5.41) is 7.46. The first-order chi connectivity index (χ1) is 13.1. The zero-order valence-corrected chi connectivity index (χ0v) is 15.9. The van der Waals surface area contributed by atoms with Crippen LogP contribution in [0.5, 0.6) is 5.75 Å². The lowest BCUT2D eigenvalue weighted by atomic mass is 10.2. The number of carbonyl (C=O) groups excluding carboxylic acids is 1. The van der Waals surface area contributed by atoms with Gasteiger partial charge in [0.25, 0.3) is 0 Å². The molecule has 3 rings (SSSR count). The second-order valence-electron chi connectivity index (χ2n) is 6.08. The molecule has 0 fully saturated rings. The Balaban J connectivity index is 1.53. The highest BCUT2D eigenvalue weighted by Gasteiger charge is 2.13. The Bertz CT molecular complexity index is 940. The van der Waals surface area contributed by atoms with Crippen LogP contribution in [0.3, 0.4) is 0 Å². The van der Waals surface area contributed by atoms with Gasteiger partial charge in [0, 0.05) is 23.6 Å². The molecule has 0 bridgehead atoms. The van der Waals surface area contributed by atoms with Gasteiger partial charge in [-0.1, -0.05) is 35.0 Å². The number of hydrogen-bond acceptors (Lipinski definition) is 5. The standard InChI is InChI=1S/C20H20ClN3O3/c1-13-10-11-14(12-16(13)21)22-18(25)8-5-9-19-23-20(24-27-19)15-6-3-4-7-17(15)26-2/h3-4,6-7,10-12H,5,8-9H2,1-2H3,(H,22,25). The highest BCUT2D eigenvalue weighted by atomic mass is 35.5. The van der Waals surface area contributed by atoms with Crippen LogP contribution in [0.4, 0.5) is 5.69 Å². The molecule has 0 aliphatic heterocycles. The Hall–Kier alpha value is -2.86. The number of ether oxygens (including phenoxy) is 1. The number of carbonyl (C=O) groups is 1. The van der Waals surface area contributed by atoms with E-state index >= 15 is 0 Å². The second-order valence-corrected chi connectivity index (χ2v) is 6.48. The predicted molar refractivity (Wildman–Crippen MR) is 104 cm³/mol. The maximum absolute atomic E-state index is 12.1. The Morgan fingerprint density at radius 3 is 2.85 bits per heavy atom. The monoisotopic (exact) mass is 385 g/mol. The lowest BCUT2D eigenvalue weighted by Crippen LogP contribution is -2.11. The van der Waals surface area contributed by atoms with Crippen molar-refractivity contribution in [2.24, 2.45) is 0 Å². The molecule has 0 saturated heterocycles. The molecule has 0 unspecified atom stereocenters. The maximum atomic E-state index is 12.1. The molecule has 1 aromatic heterocycles. The summed E-state index contributed by atoms with van der Waals surface area (Å²) >= 11 is 6.07. The number of hydrogen-bond donors (Lipinski definition) is 1. The van der Waals surface area contributed by atoms with Gasteiger partial charge in [-0.2, -0.15) is 4.98 Å². The smallest absolute Gasteiger partial charge is 0.226 e. The average Bonchev–Trinajstić information content (AvgIpc) is 3.13. The van der Waals surface area contributed by atoms with Crippen LogP contribution in [0, 0.1) is 6.92 Å². The molecule has 3 aromatic rings. The predicted octanol–water partition coefficient (Wildman–Crippen LogP) is 4.67. The van der Waals surface area contributed by atoms with Crippen molar-refractivity contribution in [3.8, 4) is 17.1 Å². The number of rotatable bonds is 7. The SMILES string of the molecule is COc1ccccc1-c1noc(CCCC(=O)Nc2ccc(C)c(Cl)c2)n1. The van der Waals surface area contributed by atoms with Crippen molar-refractivity contribution in [2.45, 2.75) is 26.2 Å². The minimum Gasteiger partial charge on any atom is -0.496 e. The summed E-state index contributed by atoms with van der Waals surface area (Å²) in [5.74, 6) is 1.56. The molecule has 0 aliphatic carbocycles. The molecule has 140 valence electrons. The molecule has 7 heteroatoms. The first-order valence-electron chi connectivity index (χ1n) is 8.59. The molecular weight excluding hydrogens is 366 g/mol. The summed E-state index contributed by atoms with van der Waals surface area (Å²) in [6, 6.07) is 12.9. The molecule has 0 spiro atoms. The van der Waals surface area contributed by atoms with Crippen molar-refractivity contribution in [3.63, 3.8) is 0 Å². The number of anilines is 1. The molecule has 0 radical (unpaired) electrons. The first-order valence-corrected chi connectivity index (χ1v) is 8.96. The fraction of sp³-hybridized carbons (Fsp3) is 0.250. The number of nitrogens with one attached hydrogen (secondary N) is 1. The van der Waals surface area contributed by atoms with Crippen LogP contribution >= 0.6 is 11.6 Å². The second kappa shape index (κ2) is 8.68. The van der Waals surface area contributed by atoms with Crippen molar-refractivity contribution >= 4 is 23.2 Å². The zero-order valence-electron chi connectivity index (χ0n) is 15.2. The normalized spacial score (nSPS) is 10.6. The number of aryl methyl sites for hydroxylation is 2. The largest absolute Gasteiger partial charge is 0.496 e. The minimum atomic E-state index is -0.0839. The Kier molecular flexibility index (Phi) is 6.08. The van der Waals surface area contributed by atoms with Crippen molar-refractivity contribution in [2.75, 3.05) is 12.4 Å². The number of halogens is 1. The number of benzene rings is 2. The number of nitrogens with zero attached hydrogens (tertiary/aromatic N) is 2. The molecule has 0 atom stereocenters. The van der Waals surface area contributed by atoms with Gasteiger partial charge < -0.3 is 14.6 Å². The van der Waals surface area contributed by atoms with Gasteiger partial charge in [-0.05, 0) is 43.2 Å². The number of para-hydroxylation sites is 1. The summed E-state index contributed by atoms with van der Waals surface area (Å²) in [4.78, 5) is 16.5. The zero-order chi connectivity index (χ0) is 19.2. The first kappa shape index (κ1) is 18.9. The molecule has 1 amide bonds. The van der Waals surface area contributed by atoms with Crippen LogP contribution in [-0.2, 0) is 11.2 Å². The van der Waals surface area contributed by atoms with Gasteiger partial charge >= 0.3 is 0 Å². The highest BCUT2D eigenvalue weighted by Crippen LogP contribution is 2.27. The maximum Gasteiger partial charge on any atom is 0.226 e. The van der Waals surface area contributed by atoms with E-state index in [1.54, 1.807) is 13.2 Å². The van der Waals surface area contributed by atoms with E-state index in [1.165, 1.54) is 0 Å². The molecule has 6 nitrogen and oxygen atoms in total. The van der Waals surface area contributed by atoms with E-state index in [9.17, 15) is 4.79 Å². The van der Waals surface area contributed by atoms with Crippen molar-refractivity contribution in [1.82, 2.24) is 10.1 Å². The number of methoxy groups -OCH3 is 1. The molecule has 27 heavy (non-hydrogen) atoms. The van der Waals surface area contributed by atoms with Crippen molar-refractivity contribution in [1.29, 1.82) is 0 Å². The Morgan fingerprint density at radius 2 is 2.07 bits per heavy atom. The van der Waals surface area contributed by atoms with Crippen LogP contribution in [0.25, 0.3) is 11.4 Å². The van der Waals surface area contributed by atoms with Crippen LogP contribution in [0.1, 0.15) is 24.3 Å². The van der Waals surface area contributed by atoms with E-state index in [0.29, 0.717) is 47.4 Å². The summed E-state index contributed by atoms with van der Waals surface area (Å²) in [6.07, 6.45) is 1.46. The highest BCUT2D eigenvalue weighted by molar-refractivity contribution is 6.31. The molecule has 0 saturated carbocycles. The van der Waals surface area contributed by atoms with Crippen LogP contribution in [0.15, 0.2) is 47.0 Å². The van der Waals surface area contributed by atoms with Gasteiger partial charge in [-0.25, -0.2) is 0 Å². The minimum absolute atomic E-state index is 0.0839. The van der Waals surface area contributed by atoms with Gasteiger partial charge in [-0.15, -0.1) is 0 Å². The lowest BCUT2D eigenvalue weighted by Gasteiger charge is -2.06. The number of amides is 1. The van der Waals surface area contributed by atoms with E-state index < -0.39 is 0 Å². The van der Waals surface area contributed by atoms with Gasteiger partial charge in [0.2, 0.25) is 17.6 Å². The van der Waals surface area contributed by atoms with Gasteiger partial charge in [-0.3, -0.25) is 4.79 Å². The quantitative estimate of drug-likeness (QED) is 0.639. The van der Waals surface area contributed by atoms with Gasteiger partial charge in [0.15, 0.2) is 0 Å². The fourth-order valence-corrected chi connectivity index (χ4v) is 2.77. The molecule has 0 aliphatic rings. The summed E-state index contributed by atoms with van der Waals surface area (Å²) < 4.78 is 10.6. The summed E-state index contributed by atoms with van der Waals surface area (Å²) in [6.45, 7) is 1.91. The van der Waals surface area contributed by atoms with Crippen molar-refractivity contribution < 1.29 is 14.1 Å². The Morgan fingerprint density at radius 1 is 1.26 bits per heavy atom. The van der Waals surface area contributed by atoms with Gasteiger partial charge in [0.05, 0.1) is 12.7 Å². The summed E-state index contributed by atoms with van der Waals surface area (Å²) in [5.41, 5.74) is 2.42. The van der Waals surface area contributed by atoms with E-state index in [-0.39, 0.29) is 5.91 Å². The number of aromatic nitrogens is 2. The van der Waals surface area contributed by atoms with Gasteiger partial charge in [0.1, 0.15) is 5.75 Å². The average molecular weight is 386 g/mol. The molecule has 2 aromatic carbocycles. The molecule has 1 N–H and O–H groups in total. The van der Waals surface area contributed by atoms with E-state index in [4.69, 9.17) is 20.9 Å². The third kappa shape index (κ3) is 4.86. The Labute approximate surface area is 162 Å². The van der Waals surface area contributed by atoms with E-state index in [1.807, 2.05) is 43.3 Å². The molecule has 1 heterocycles. The third-order valence-corrected chi connectivity index (χ3v) is 4.47. The van der Waals surface area contributed by atoms with E-state index in [2.05, 4.69) is 15.5 Å². The summed E-state index contributed by atoms with van der Waals surface area (Å²) in [7, 11) is 1.60. The van der Waals surface area contributed by atoms with Crippen LogP contribution in [-0.4, -0.2) is 23.2 Å². The van der Waals surface area contributed by atoms with Crippen molar-refractivity contribution in [3.05, 3.63) is 58.9 Å². The van der Waals surface area contributed by atoms with Crippen LogP contribution in [0.2, 0.25) is 5.02 Å². The lowest BCUT2D eigenvalue weighted by molar-refractivity contribution is -0.116. The van der Waals surface area contributed by atoms with E-state index in [0.717, 1.165) is 11.1 Å². The van der Waals surface area contributed by atoms with Crippen LogP contribution < -0.4 is 10.1 Å². The third-order valence-electron chi connectivity index (χ3n) is 4.07.